The third kappa shape index (κ3) is 3.86. The smallest absolute Gasteiger partial charge is 0.335 e. The Morgan fingerprint density at radius 1 is 1.05 bits per heavy atom. The average molecular weight is 318 g/mol. The predicted octanol–water partition coefficient (Wildman–Crippen LogP) is 2.65. The van der Waals surface area contributed by atoms with E-state index in [1.54, 1.807) is 6.07 Å². The minimum atomic E-state index is -1.04. The Balaban J connectivity index is 1.99. The summed E-state index contributed by atoms with van der Waals surface area (Å²) < 4.78 is 13.5. The van der Waals surface area contributed by atoms with Crippen LogP contribution >= 0.6 is 12.2 Å². The topological polar surface area (TPSA) is 78.4 Å². The molecule has 0 radical (unpaired) electrons. The number of rotatable bonds is 3. The Bertz CT molecular complexity index is 732. The SMILES string of the molecule is O=C(O)c1ccc(NC(=S)NC(=O)c2ccccc2F)cc1. The molecule has 0 bridgehead atoms. The first-order valence-electron chi connectivity index (χ1n) is 6.17. The zero-order valence-corrected chi connectivity index (χ0v) is 12.0. The van der Waals surface area contributed by atoms with Crippen molar-refractivity contribution in [1.29, 1.82) is 0 Å². The molecule has 0 saturated heterocycles. The van der Waals surface area contributed by atoms with Crippen LogP contribution in [0.25, 0.3) is 0 Å². The number of aromatic carboxylic acids is 1. The monoisotopic (exact) mass is 318 g/mol. The van der Waals surface area contributed by atoms with Gasteiger partial charge in [0, 0.05) is 5.69 Å². The molecule has 5 nitrogen and oxygen atoms in total. The van der Waals surface area contributed by atoms with Gasteiger partial charge in [-0.1, -0.05) is 12.1 Å². The number of thiocarbonyl (C=S) groups is 1. The summed E-state index contributed by atoms with van der Waals surface area (Å²) in [7, 11) is 0. The van der Waals surface area contributed by atoms with E-state index >= 15 is 0 Å². The number of carboxylic acid groups (broad SMARTS) is 1. The molecule has 0 heterocycles. The molecule has 2 aromatic carbocycles. The van der Waals surface area contributed by atoms with E-state index < -0.39 is 17.7 Å². The Morgan fingerprint density at radius 2 is 1.68 bits per heavy atom. The third-order valence-electron chi connectivity index (χ3n) is 2.74. The highest BCUT2D eigenvalue weighted by Crippen LogP contribution is 2.10. The molecule has 3 N–H and O–H groups in total. The highest BCUT2D eigenvalue weighted by Gasteiger charge is 2.12. The number of halogens is 1. The molecule has 22 heavy (non-hydrogen) atoms. The van der Waals surface area contributed by atoms with Crippen molar-refractivity contribution >= 4 is 34.9 Å². The van der Waals surface area contributed by atoms with Crippen LogP contribution in [-0.4, -0.2) is 22.1 Å². The highest BCUT2D eigenvalue weighted by molar-refractivity contribution is 7.80. The van der Waals surface area contributed by atoms with Crippen molar-refractivity contribution in [3.05, 3.63) is 65.5 Å². The van der Waals surface area contributed by atoms with E-state index in [9.17, 15) is 14.0 Å². The molecule has 7 heteroatoms. The van der Waals surface area contributed by atoms with Gasteiger partial charge in [0.2, 0.25) is 0 Å². The minimum absolute atomic E-state index is 0.0173. The lowest BCUT2D eigenvalue weighted by molar-refractivity contribution is 0.0696. The standard InChI is InChI=1S/C15H11FN2O3S/c16-12-4-2-1-3-11(12)13(19)18-15(22)17-10-7-5-9(6-8-10)14(20)21/h1-8H,(H,20,21)(H2,17,18,19,22). The first-order valence-corrected chi connectivity index (χ1v) is 6.58. The van der Waals surface area contributed by atoms with Crippen molar-refractivity contribution in [2.24, 2.45) is 0 Å². The highest BCUT2D eigenvalue weighted by atomic mass is 32.1. The summed E-state index contributed by atoms with van der Waals surface area (Å²) in [5.41, 5.74) is 0.517. The number of nitrogens with one attached hydrogen (secondary N) is 2. The number of carbonyl (C=O) groups is 2. The van der Waals surface area contributed by atoms with Gasteiger partial charge < -0.3 is 10.4 Å². The van der Waals surface area contributed by atoms with Gasteiger partial charge in [0.15, 0.2) is 5.11 Å². The van der Waals surface area contributed by atoms with Crippen LogP contribution in [0.1, 0.15) is 20.7 Å². The van der Waals surface area contributed by atoms with E-state index in [1.807, 2.05) is 0 Å². The lowest BCUT2D eigenvalue weighted by atomic mass is 10.2. The molecule has 112 valence electrons. The summed E-state index contributed by atoms with van der Waals surface area (Å²) in [5.74, 6) is -2.35. The molecule has 0 saturated carbocycles. The van der Waals surface area contributed by atoms with Gasteiger partial charge in [0.25, 0.3) is 5.91 Å². The van der Waals surface area contributed by atoms with Crippen LogP contribution < -0.4 is 10.6 Å². The van der Waals surface area contributed by atoms with Gasteiger partial charge in [0.05, 0.1) is 11.1 Å². The van der Waals surface area contributed by atoms with Crippen LogP contribution in [0.3, 0.4) is 0 Å². The number of benzene rings is 2. The van der Waals surface area contributed by atoms with Crippen molar-refractivity contribution in [2.75, 3.05) is 5.32 Å². The average Bonchev–Trinajstić information content (AvgIpc) is 2.48. The van der Waals surface area contributed by atoms with E-state index in [1.165, 1.54) is 42.5 Å². The lowest BCUT2D eigenvalue weighted by Gasteiger charge is -2.10. The number of carbonyl (C=O) groups excluding carboxylic acids is 1. The molecule has 0 aliphatic carbocycles. The summed E-state index contributed by atoms with van der Waals surface area (Å²) >= 11 is 4.96. The molecule has 0 aliphatic rings. The first-order chi connectivity index (χ1) is 10.5. The second-order valence-electron chi connectivity index (χ2n) is 4.27. The molecule has 0 spiro atoms. The van der Waals surface area contributed by atoms with Crippen molar-refractivity contribution in [3.8, 4) is 0 Å². The second kappa shape index (κ2) is 6.77. The van der Waals surface area contributed by atoms with Crippen LogP contribution in [0.5, 0.6) is 0 Å². The third-order valence-corrected chi connectivity index (χ3v) is 2.94. The van der Waals surface area contributed by atoms with E-state index in [-0.39, 0.29) is 16.2 Å². The van der Waals surface area contributed by atoms with Gasteiger partial charge in [-0.15, -0.1) is 0 Å². The number of hydrogen-bond donors (Lipinski definition) is 3. The van der Waals surface area contributed by atoms with Gasteiger partial charge in [0.1, 0.15) is 5.82 Å². The molecule has 2 rings (SSSR count). The zero-order valence-electron chi connectivity index (χ0n) is 11.2. The molecule has 0 unspecified atom stereocenters. The second-order valence-corrected chi connectivity index (χ2v) is 4.68. The van der Waals surface area contributed by atoms with Crippen LogP contribution in [0.15, 0.2) is 48.5 Å². The van der Waals surface area contributed by atoms with Crippen LogP contribution in [-0.2, 0) is 0 Å². The molecule has 1 amide bonds. The fourth-order valence-corrected chi connectivity index (χ4v) is 1.88. The summed E-state index contributed by atoms with van der Waals surface area (Å²) in [6, 6.07) is 11.3. The first kappa shape index (κ1) is 15.6. The number of anilines is 1. The lowest BCUT2D eigenvalue weighted by Crippen LogP contribution is -2.34. The largest absolute Gasteiger partial charge is 0.478 e. The summed E-state index contributed by atoms with van der Waals surface area (Å²) in [6.45, 7) is 0. The molecule has 0 aromatic heterocycles. The normalized spacial score (nSPS) is 9.86. The Kier molecular flexibility index (Phi) is 4.80. The summed E-state index contributed by atoms with van der Waals surface area (Å²) in [6.07, 6.45) is 0. The molecular formula is C15H11FN2O3S. The van der Waals surface area contributed by atoms with E-state index in [0.717, 1.165) is 0 Å². The number of carboxylic acids is 1. The number of amides is 1. The van der Waals surface area contributed by atoms with Crippen LogP contribution in [0.2, 0.25) is 0 Å². The van der Waals surface area contributed by atoms with Gasteiger partial charge in [-0.25, -0.2) is 9.18 Å². The maximum absolute atomic E-state index is 13.5. The van der Waals surface area contributed by atoms with Gasteiger partial charge in [-0.2, -0.15) is 0 Å². The fraction of sp³-hybridized carbons (Fsp3) is 0. The molecule has 2 aromatic rings. The van der Waals surface area contributed by atoms with E-state index in [4.69, 9.17) is 17.3 Å². The van der Waals surface area contributed by atoms with Crippen molar-refractivity contribution in [3.63, 3.8) is 0 Å². The summed E-state index contributed by atoms with van der Waals surface area (Å²) in [5, 5.41) is 13.8. The Labute approximate surface area is 130 Å². The Hall–Kier alpha value is -2.80. The number of hydrogen-bond acceptors (Lipinski definition) is 3. The van der Waals surface area contributed by atoms with Gasteiger partial charge >= 0.3 is 5.97 Å². The van der Waals surface area contributed by atoms with Crippen LogP contribution in [0.4, 0.5) is 10.1 Å². The molecule has 0 aliphatic heterocycles. The maximum Gasteiger partial charge on any atom is 0.335 e. The van der Waals surface area contributed by atoms with Crippen molar-refractivity contribution in [2.45, 2.75) is 0 Å². The van der Waals surface area contributed by atoms with Crippen molar-refractivity contribution in [1.82, 2.24) is 5.32 Å². The quantitative estimate of drug-likeness (QED) is 0.758. The minimum Gasteiger partial charge on any atom is -0.478 e. The van der Waals surface area contributed by atoms with E-state index in [0.29, 0.717) is 5.69 Å². The molecule has 0 fully saturated rings. The van der Waals surface area contributed by atoms with Crippen LogP contribution in [0, 0.1) is 5.82 Å². The van der Waals surface area contributed by atoms with Gasteiger partial charge in [-0.3, -0.25) is 10.1 Å². The Morgan fingerprint density at radius 3 is 2.27 bits per heavy atom. The zero-order chi connectivity index (χ0) is 16.1. The fourth-order valence-electron chi connectivity index (χ4n) is 1.67. The molecular weight excluding hydrogens is 307 g/mol. The van der Waals surface area contributed by atoms with E-state index in [2.05, 4.69) is 10.6 Å². The van der Waals surface area contributed by atoms with Crippen molar-refractivity contribution < 1.29 is 19.1 Å². The van der Waals surface area contributed by atoms with Gasteiger partial charge in [-0.05, 0) is 48.6 Å². The molecule has 0 atom stereocenters. The summed E-state index contributed by atoms with van der Waals surface area (Å²) in [4.78, 5) is 22.6. The predicted molar refractivity (Wildman–Crippen MR) is 83.5 cm³/mol. The maximum atomic E-state index is 13.5.